The zero-order valence-corrected chi connectivity index (χ0v) is 11.4. The zero-order chi connectivity index (χ0) is 12.8. The van der Waals surface area contributed by atoms with Crippen molar-refractivity contribution >= 4 is 5.82 Å². The number of nitrogens with zero attached hydrogens (tertiary/aromatic N) is 2. The van der Waals surface area contributed by atoms with Crippen molar-refractivity contribution in [3.8, 4) is 5.88 Å². The van der Waals surface area contributed by atoms with Crippen LogP contribution >= 0.6 is 0 Å². The van der Waals surface area contributed by atoms with Gasteiger partial charge in [-0.1, -0.05) is 26.7 Å². The SMILES string of the molecule is CCCOc1cc(NC2CCCC2)nc(CC)n1. The molecule has 0 aromatic carbocycles. The monoisotopic (exact) mass is 249 g/mol. The maximum absolute atomic E-state index is 5.61. The minimum Gasteiger partial charge on any atom is -0.478 e. The third-order valence-corrected chi connectivity index (χ3v) is 3.23. The molecule has 1 aromatic rings. The van der Waals surface area contributed by atoms with Gasteiger partial charge in [-0.2, -0.15) is 4.98 Å². The van der Waals surface area contributed by atoms with E-state index in [9.17, 15) is 0 Å². The number of rotatable bonds is 6. The number of aryl methyl sites for hydroxylation is 1. The van der Waals surface area contributed by atoms with E-state index >= 15 is 0 Å². The highest BCUT2D eigenvalue weighted by Gasteiger charge is 2.15. The number of nitrogens with one attached hydrogen (secondary N) is 1. The predicted octanol–water partition coefficient (Wildman–Crippen LogP) is 3.18. The van der Waals surface area contributed by atoms with Gasteiger partial charge in [0.2, 0.25) is 5.88 Å². The van der Waals surface area contributed by atoms with Crippen LogP contribution in [0.3, 0.4) is 0 Å². The maximum atomic E-state index is 5.61. The average molecular weight is 249 g/mol. The summed E-state index contributed by atoms with van der Waals surface area (Å²) in [5.41, 5.74) is 0. The summed E-state index contributed by atoms with van der Waals surface area (Å²) in [7, 11) is 0. The van der Waals surface area contributed by atoms with Crippen LogP contribution < -0.4 is 10.1 Å². The Morgan fingerprint density at radius 3 is 2.72 bits per heavy atom. The molecule has 100 valence electrons. The molecule has 1 N–H and O–H groups in total. The molecule has 18 heavy (non-hydrogen) atoms. The summed E-state index contributed by atoms with van der Waals surface area (Å²) in [6, 6.07) is 2.50. The molecule has 1 fully saturated rings. The highest BCUT2D eigenvalue weighted by molar-refractivity contribution is 5.39. The number of ether oxygens (including phenoxy) is 1. The van der Waals surface area contributed by atoms with Crippen LogP contribution in [0.4, 0.5) is 5.82 Å². The molecule has 1 heterocycles. The van der Waals surface area contributed by atoms with E-state index in [1.807, 2.05) is 6.07 Å². The van der Waals surface area contributed by atoms with E-state index in [0.29, 0.717) is 18.5 Å². The summed E-state index contributed by atoms with van der Waals surface area (Å²) in [6.45, 7) is 4.88. The minimum atomic E-state index is 0.573. The summed E-state index contributed by atoms with van der Waals surface area (Å²) >= 11 is 0. The van der Waals surface area contributed by atoms with E-state index in [1.165, 1.54) is 25.7 Å². The van der Waals surface area contributed by atoms with E-state index < -0.39 is 0 Å². The second-order valence-corrected chi connectivity index (χ2v) is 4.84. The highest BCUT2D eigenvalue weighted by atomic mass is 16.5. The summed E-state index contributed by atoms with van der Waals surface area (Å²) in [5.74, 6) is 2.47. The zero-order valence-electron chi connectivity index (χ0n) is 11.4. The first-order valence-electron chi connectivity index (χ1n) is 7.09. The number of hydrogen-bond acceptors (Lipinski definition) is 4. The topological polar surface area (TPSA) is 47.0 Å². The second kappa shape index (κ2) is 6.57. The summed E-state index contributed by atoms with van der Waals surface area (Å²) in [5, 5.41) is 3.50. The highest BCUT2D eigenvalue weighted by Crippen LogP contribution is 2.23. The molecule has 0 unspecified atom stereocenters. The van der Waals surface area contributed by atoms with Crippen molar-refractivity contribution in [3.63, 3.8) is 0 Å². The normalized spacial score (nSPS) is 15.9. The van der Waals surface area contributed by atoms with Gasteiger partial charge in [-0.05, 0) is 19.3 Å². The lowest BCUT2D eigenvalue weighted by Gasteiger charge is -2.14. The van der Waals surface area contributed by atoms with Gasteiger partial charge in [0.05, 0.1) is 6.61 Å². The molecule has 1 aromatic heterocycles. The van der Waals surface area contributed by atoms with Crippen molar-refractivity contribution in [2.45, 2.75) is 58.4 Å². The van der Waals surface area contributed by atoms with E-state index in [-0.39, 0.29) is 0 Å². The minimum absolute atomic E-state index is 0.573. The molecule has 0 saturated heterocycles. The largest absolute Gasteiger partial charge is 0.478 e. The quantitative estimate of drug-likeness (QED) is 0.841. The van der Waals surface area contributed by atoms with Gasteiger partial charge in [0, 0.05) is 18.5 Å². The Balaban J connectivity index is 2.06. The first kappa shape index (κ1) is 13.1. The van der Waals surface area contributed by atoms with E-state index in [4.69, 9.17) is 4.74 Å². The Morgan fingerprint density at radius 1 is 1.28 bits per heavy atom. The number of hydrogen-bond donors (Lipinski definition) is 1. The molecular formula is C14H23N3O. The maximum Gasteiger partial charge on any atom is 0.218 e. The number of aromatic nitrogens is 2. The van der Waals surface area contributed by atoms with E-state index in [1.54, 1.807) is 0 Å². The third-order valence-electron chi connectivity index (χ3n) is 3.23. The van der Waals surface area contributed by atoms with Crippen LogP contribution in [-0.4, -0.2) is 22.6 Å². The molecule has 0 aliphatic heterocycles. The molecule has 0 atom stereocenters. The molecule has 4 nitrogen and oxygen atoms in total. The third kappa shape index (κ3) is 3.59. The summed E-state index contributed by atoms with van der Waals surface area (Å²) < 4.78 is 5.61. The molecule has 0 radical (unpaired) electrons. The average Bonchev–Trinajstić information content (AvgIpc) is 2.89. The van der Waals surface area contributed by atoms with Crippen LogP contribution in [0.1, 0.15) is 51.8 Å². The van der Waals surface area contributed by atoms with Crippen LogP contribution in [0, 0.1) is 0 Å². The van der Waals surface area contributed by atoms with Crippen LogP contribution in [0.15, 0.2) is 6.07 Å². The van der Waals surface area contributed by atoms with Gasteiger partial charge >= 0.3 is 0 Å². The Bertz CT molecular complexity index is 375. The fourth-order valence-corrected chi connectivity index (χ4v) is 2.26. The van der Waals surface area contributed by atoms with Crippen molar-refractivity contribution < 1.29 is 4.74 Å². The van der Waals surface area contributed by atoms with Crippen LogP contribution in [0.25, 0.3) is 0 Å². The summed E-state index contributed by atoms with van der Waals surface area (Å²) in [4.78, 5) is 8.91. The van der Waals surface area contributed by atoms with Crippen molar-refractivity contribution in [2.24, 2.45) is 0 Å². The first-order valence-corrected chi connectivity index (χ1v) is 7.09. The lowest BCUT2D eigenvalue weighted by Crippen LogP contribution is -2.16. The first-order chi connectivity index (χ1) is 8.81. The predicted molar refractivity (Wildman–Crippen MR) is 73.1 cm³/mol. The smallest absolute Gasteiger partial charge is 0.218 e. The molecular weight excluding hydrogens is 226 g/mol. The molecule has 1 aliphatic rings. The Morgan fingerprint density at radius 2 is 2.06 bits per heavy atom. The molecule has 0 spiro atoms. The Labute approximate surface area is 109 Å². The molecule has 2 rings (SSSR count). The van der Waals surface area contributed by atoms with Crippen molar-refractivity contribution in [2.75, 3.05) is 11.9 Å². The van der Waals surface area contributed by atoms with Gasteiger partial charge in [-0.15, -0.1) is 0 Å². The van der Waals surface area contributed by atoms with Crippen LogP contribution in [-0.2, 0) is 6.42 Å². The molecule has 4 heteroatoms. The van der Waals surface area contributed by atoms with Crippen molar-refractivity contribution in [1.82, 2.24) is 9.97 Å². The van der Waals surface area contributed by atoms with Crippen LogP contribution in [0.2, 0.25) is 0 Å². The lowest BCUT2D eigenvalue weighted by molar-refractivity contribution is 0.304. The van der Waals surface area contributed by atoms with Gasteiger partial charge < -0.3 is 10.1 Å². The molecule has 1 saturated carbocycles. The van der Waals surface area contributed by atoms with E-state index in [2.05, 4.69) is 29.1 Å². The standard InChI is InChI=1S/C14H23N3O/c1-3-9-18-14-10-13(16-12(4-2)17-14)15-11-7-5-6-8-11/h10-11H,3-9H2,1-2H3,(H,15,16,17). The van der Waals surface area contributed by atoms with Gasteiger partial charge in [0.15, 0.2) is 0 Å². The fourth-order valence-electron chi connectivity index (χ4n) is 2.26. The van der Waals surface area contributed by atoms with Gasteiger partial charge in [0.25, 0.3) is 0 Å². The van der Waals surface area contributed by atoms with Gasteiger partial charge in [-0.25, -0.2) is 4.98 Å². The van der Waals surface area contributed by atoms with Gasteiger partial charge in [-0.3, -0.25) is 0 Å². The van der Waals surface area contributed by atoms with Crippen molar-refractivity contribution in [1.29, 1.82) is 0 Å². The molecule has 0 amide bonds. The van der Waals surface area contributed by atoms with Crippen molar-refractivity contribution in [3.05, 3.63) is 11.9 Å². The summed E-state index contributed by atoms with van der Waals surface area (Å²) in [6.07, 6.45) is 6.97. The second-order valence-electron chi connectivity index (χ2n) is 4.84. The Kier molecular flexibility index (Phi) is 4.79. The molecule has 1 aliphatic carbocycles. The number of anilines is 1. The Hall–Kier alpha value is -1.32. The van der Waals surface area contributed by atoms with Gasteiger partial charge in [0.1, 0.15) is 11.6 Å². The van der Waals surface area contributed by atoms with E-state index in [0.717, 1.165) is 24.5 Å². The lowest BCUT2D eigenvalue weighted by atomic mass is 10.2. The van der Waals surface area contributed by atoms with Crippen LogP contribution in [0.5, 0.6) is 5.88 Å². The fraction of sp³-hybridized carbons (Fsp3) is 0.714. The molecule has 0 bridgehead atoms.